The van der Waals surface area contributed by atoms with E-state index < -0.39 is 0 Å². The zero-order valence-corrected chi connectivity index (χ0v) is 28.8. The van der Waals surface area contributed by atoms with Crippen molar-refractivity contribution in [2.75, 3.05) is 13.7 Å². The second-order valence-corrected chi connectivity index (χ2v) is 13.1. The summed E-state index contributed by atoms with van der Waals surface area (Å²) >= 11 is 4.32. The van der Waals surface area contributed by atoms with Crippen LogP contribution in [0.2, 0.25) is 0 Å². The zero-order chi connectivity index (χ0) is 34.5. The number of rotatable bonds is 11. The van der Waals surface area contributed by atoms with Crippen molar-refractivity contribution in [2.24, 2.45) is 11.8 Å². The van der Waals surface area contributed by atoms with Crippen LogP contribution in [0.3, 0.4) is 0 Å². The van der Waals surface area contributed by atoms with Gasteiger partial charge in [0.25, 0.3) is 5.24 Å². The predicted octanol–water partition coefficient (Wildman–Crippen LogP) is 9.14. The number of amides is 1. The Morgan fingerprint density at radius 2 is 1.62 bits per heavy atom. The Hall–Kier alpha value is -5.41. The van der Waals surface area contributed by atoms with Crippen molar-refractivity contribution in [2.45, 2.75) is 31.8 Å². The van der Waals surface area contributed by atoms with Gasteiger partial charge in [-0.05, 0) is 97.3 Å². The first-order chi connectivity index (χ1) is 24.5. The van der Waals surface area contributed by atoms with Crippen molar-refractivity contribution < 1.29 is 14.3 Å². The average Bonchev–Trinajstić information content (AvgIpc) is 3.63. The number of pyridine rings is 1. The summed E-state index contributed by atoms with van der Waals surface area (Å²) in [6.45, 7) is 5.49. The minimum Gasteiger partial charge on any atom is -0.497 e. The molecule has 1 amide bonds. The number of carbonyl (C=O) groups is 1. The molecule has 1 saturated heterocycles. The highest BCUT2D eigenvalue weighted by Gasteiger charge is 2.34. The molecule has 7 rings (SSSR count). The molecule has 3 unspecified atom stereocenters. The summed E-state index contributed by atoms with van der Waals surface area (Å²) in [5.74, 6) is 2.74. The highest BCUT2D eigenvalue weighted by molar-refractivity contribution is 7.96. The third-order valence-corrected chi connectivity index (χ3v) is 9.86. The largest absolute Gasteiger partial charge is 0.497 e. The number of benzene rings is 4. The van der Waals surface area contributed by atoms with E-state index in [2.05, 4.69) is 35.6 Å². The maximum absolute atomic E-state index is 12.9. The van der Waals surface area contributed by atoms with E-state index in [1.807, 2.05) is 125 Å². The summed E-state index contributed by atoms with van der Waals surface area (Å²) in [4.78, 5) is 19.8. The molecule has 0 spiro atoms. The minimum absolute atomic E-state index is 0.0666. The Morgan fingerprint density at radius 1 is 0.920 bits per heavy atom. The molecule has 0 N–H and O–H groups in total. The van der Waals surface area contributed by atoms with Crippen molar-refractivity contribution in [3.63, 3.8) is 0 Å². The number of nitrogens with zero attached hydrogens (tertiary/aromatic N) is 5. The van der Waals surface area contributed by atoms with E-state index >= 15 is 0 Å². The molecule has 3 heterocycles. The van der Waals surface area contributed by atoms with Crippen molar-refractivity contribution in [3.05, 3.63) is 134 Å². The number of hydrogen-bond acceptors (Lipinski definition) is 6. The molecular formula is C41H39N5O3S. The molecule has 1 aliphatic heterocycles. The lowest BCUT2D eigenvalue weighted by Crippen LogP contribution is -2.46. The topological polar surface area (TPSA) is 82.4 Å². The van der Waals surface area contributed by atoms with Crippen molar-refractivity contribution >= 4 is 28.8 Å². The number of methoxy groups -OCH3 is 1. The van der Waals surface area contributed by atoms with Gasteiger partial charge in [0.15, 0.2) is 0 Å². The predicted molar refractivity (Wildman–Crippen MR) is 201 cm³/mol. The van der Waals surface area contributed by atoms with E-state index in [4.69, 9.17) is 14.5 Å². The van der Waals surface area contributed by atoms with Gasteiger partial charge < -0.3 is 14.4 Å². The van der Waals surface area contributed by atoms with Crippen LogP contribution >= 0.6 is 12.6 Å². The van der Waals surface area contributed by atoms with Crippen LogP contribution in [0.1, 0.15) is 18.4 Å². The maximum atomic E-state index is 12.9. The fourth-order valence-electron chi connectivity index (χ4n) is 6.97. The average molecular weight is 682 g/mol. The molecule has 2 aromatic heterocycles. The molecule has 1 aliphatic rings. The Bertz CT molecular complexity index is 2090. The van der Waals surface area contributed by atoms with Gasteiger partial charge in [0.05, 0.1) is 24.5 Å². The summed E-state index contributed by atoms with van der Waals surface area (Å²) in [5.41, 5.74) is 5.66. The Morgan fingerprint density at radius 3 is 2.34 bits per heavy atom. The van der Waals surface area contributed by atoms with Crippen LogP contribution in [-0.2, 0) is 13.0 Å². The van der Waals surface area contributed by atoms with Crippen molar-refractivity contribution in [1.29, 1.82) is 0 Å². The van der Waals surface area contributed by atoms with Crippen LogP contribution in [-0.4, -0.2) is 49.8 Å². The highest BCUT2D eigenvalue weighted by atomic mass is 32.1. The molecule has 9 heteroatoms. The number of fused-ring (bicyclic) bond motifs is 1. The fourth-order valence-corrected chi connectivity index (χ4v) is 7.23. The van der Waals surface area contributed by atoms with E-state index in [9.17, 15) is 4.79 Å². The van der Waals surface area contributed by atoms with E-state index in [0.717, 1.165) is 69.1 Å². The van der Waals surface area contributed by atoms with Gasteiger partial charge in [0.2, 0.25) is 0 Å². The SMILES string of the molecule is C=CC(Cn1cc(-c2ccccc2)nn1)C1CCN(C(=O)S)C(Cc2cc(-c3ccc(Oc4ccccc4)cc3)nc3ccc(OC)cc23)C1. The number of hydrogen-bond donors (Lipinski definition) is 1. The monoisotopic (exact) mass is 681 g/mol. The summed E-state index contributed by atoms with van der Waals surface area (Å²) in [6, 6.07) is 35.8. The number of likely N-dealkylation sites (tertiary alicyclic amines) is 1. The molecule has 6 aromatic rings. The summed E-state index contributed by atoms with van der Waals surface area (Å²) in [7, 11) is 1.67. The van der Waals surface area contributed by atoms with E-state index in [0.29, 0.717) is 25.4 Å². The van der Waals surface area contributed by atoms with Gasteiger partial charge in [0.1, 0.15) is 22.9 Å². The number of thiol groups is 1. The van der Waals surface area contributed by atoms with Gasteiger partial charge in [-0.25, -0.2) is 4.98 Å². The molecule has 252 valence electrons. The quantitative estimate of drug-likeness (QED) is 0.109. The second-order valence-electron chi connectivity index (χ2n) is 12.7. The first-order valence-corrected chi connectivity index (χ1v) is 17.3. The first kappa shape index (κ1) is 33.1. The second kappa shape index (κ2) is 15.0. The Balaban J connectivity index is 1.16. The van der Waals surface area contributed by atoms with Crippen LogP contribution in [0.15, 0.2) is 128 Å². The number of para-hydroxylation sites is 1. The lowest BCUT2D eigenvalue weighted by atomic mass is 9.79. The number of aromatic nitrogens is 4. The number of ether oxygens (including phenoxy) is 2. The van der Waals surface area contributed by atoms with Crippen LogP contribution in [0.25, 0.3) is 33.4 Å². The maximum Gasteiger partial charge on any atom is 0.278 e. The summed E-state index contributed by atoms with van der Waals surface area (Å²) in [5, 5.41) is 9.64. The molecule has 50 heavy (non-hydrogen) atoms. The molecule has 4 aromatic carbocycles. The molecule has 0 saturated carbocycles. The molecule has 8 nitrogen and oxygen atoms in total. The van der Waals surface area contributed by atoms with E-state index in [1.54, 1.807) is 7.11 Å². The van der Waals surface area contributed by atoms with Gasteiger partial charge in [-0.3, -0.25) is 9.48 Å². The molecule has 3 atom stereocenters. The van der Waals surface area contributed by atoms with Gasteiger partial charge in [-0.2, -0.15) is 0 Å². The lowest BCUT2D eigenvalue weighted by molar-refractivity contribution is 0.123. The van der Waals surface area contributed by atoms with Gasteiger partial charge >= 0.3 is 0 Å². The molecule has 0 radical (unpaired) electrons. The van der Waals surface area contributed by atoms with Gasteiger partial charge in [-0.1, -0.05) is 72.4 Å². The molecule has 0 aliphatic carbocycles. The Kier molecular flexibility index (Phi) is 9.93. The van der Waals surface area contributed by atoms with Gasteiger partial charge in [0, 0.05) is 35.6 Å². The summed E-state index contributed by atoms with van der Waals surface area (Å²) < 4.78 is 13.5. The number of carbonyl (C=O) groups excluding carboxylic acids is 1. The fraction of sp³-hybridized carbons (Fsp3) is 0.220. The molecule has 1 fully saturated rings. The van der Waals surface area contributed by atoms with Crippen LogP contribution < -0.4 is 9.47 Å². The third-order valence-electron chi connectivity index (χ3n) is 9.60. The zero-order valence-electron chi connectivity index (χ0n) is 27.9. The van der Waals surface area contributed by atoms with E-state index in [-0.39, 0.29) is 17.2 Å². The standard InChI is InChI=1S/C41H39N5O3S/c1-3-28(26-45-27-40(43-44-45)29-10-6-4-7-11-29)31-20-21-46(41(47)50)33(22-31)23-32-24-39(42-38-19-18-36(48-2)25-37(32)38)30-14-16-35(17-15-30)49-34-12-8-5-9-13-34/h3-19,24-25,27-28,31,33H,1,20-23,26H2,2H3,(H,47,50). The third kappa shape index (κ3) is 7.43. The number of allylic oxidation sites excluding steroid dienone is 1. The van der Waals surface area contributed by atoms with E-state index in [1.165, 1.54) is 0 Å². The molecular weight excluding hydrogens is 643 g/mol. The smallest absolute Gasteiger partial charge is 0.278 e. The lowest BCUT2D eigenvalue weighted by Gasteiger charge is -2.41. The normalized spacial score (nSPS) is 16.6. The highest BCUT2D eigenvalue weighted by Crippen LogP contribution is 2.36. The Labute approximate surface area is 297 Å². The minimum atomic E-state index is -0.211. The van der Waals surface area contributed by atoms with Crippen LogP contribution in [0, 0.1) is 11.8 Å². The van der Waals surface area contributed by atoms with Crippen LogP contribution in [0.4, 0.5) is 4.79 Å². The number of piperidine rings is 1. The van der Waals surface area contributed by atoms with Gasteiger partial charge in [-0.15, -0.1) is 11.7 Å². The van der Waals surface area contributed by atoms with Crippen molar-refractivity contribution in [3.8, 4) is 39.8 Å². The summed E-state index contributed by atoms with van der Waals surface area (Å²) in [6.07, 6.45) is 6.32. The first-order valence-electron chi connectivity index (χ1n) is 16.9. The van der Waals surface area contributed by atoms with Crippen LogP contribution in [0.5, 0.6) is 17.2 Å². The molecule has 0 bridgehead atoms. The van der Waals surface area contributed by atoms with Crippen molar-refractivity contribution in [1.82, 2.24) is 24.9 Å².